The Hall–Kier alpha value is -0.770. The molecule has 0 aliphatic carbocycles. The fraction of sp³-hybridized carbons (Fsp3) is 0.900. The van der Waals surface area contributed by atoms with Crippen molar-refractivity contribution in [2.45, 2.75) is 39.7 Å². The topological polar surface area (TPSA) is 44.8 Å². The normalized spacial score (nSPS) is 12.2. The molecule has 0 aromatic heterocycles. The SMILES string of the molecule is CCCCOC(=O)OCC(C)OCC. The Balaban J connectivity index is 3.34. The molecule has 0 aromatic carbocycles. The highest BCUT2D eigenvalue weighted by molar-refractivity contribution is 5.59. The highest BCUT2D eigenvalue weighted by atomic mass is 16.7. The molecule has 0 rings (SSSR count). The van der Waals surface area contributed by atoms with Crippen molar-refractivity contribution in [2.24, 2.45) is 0 Å². The van der Waals surface area contributed by atoms with Crippen LogP contribution in [-0.2, 0) is 14.2 Å². The van der Waals surface area contributed by atoms with Gasteiger partial charge in [0.05, 0.1) is 12.7 Å². The molecule has 0 spiro atoms. The zero-order valence-corrected chi connectivity index (χ0v) is 9.25. The molecular formula is C10H20O4. The Bertz CT molecular complexity index is 147. The fourth-order valence-electron chi connectivity index (χ4n) is 0.860. The highest BCUT2D eigenvalue weighted by Gasteiger charge is 2.07. The summed E-state index contributed by atoms with van der Waals surface area (Å²) in [7, 11) is 0. The summed E-state index contributed by atoms with van der Waals surface area (Å²) in [6.45, 7) is 7.08. The lowest BCUT2D eigenvalue weighted by Crippen LogP contribution is -2.19. The molecule has 1 atom stereocenters. The first-order valence-electron chi connectivity index (χ1n) is 5.11. The van der Waals surface area contributed by atoms with E-state index in [1.54, 1.807) is 0 Å². The summed E-state index contributed by atoms with van der Waals surface area (Å²) in [5, 5.41) is 0. The van der Waals surface area contributed by atoms with Gasteiger partial charge in [0.25, 0.3) is 0 Å². The van der Waals surface area contributed by atoms with E-state index in [0.717, 1.165) is 12.8 Å². The van der Waals surface area contributed by atoms with E-state index >= 15 is 0 Å². The standard InChI is InChI=1S/C10H20O4/c1-4-6-7-13-10(11)14-8-9(3)12-5-2/h9H,4-8H2,1-3H3. The molecule has 14 heavy (non-hydrogen) atoms. The molecule has 0 aliphatic heterocycles. The summed E-state index contributed by atoms with van der Waals surface area (Å²) in [4.78, 5) is 10.9. The molecule has 0 saturated carbocycles. The zero-order chi connectivity index (χ0) is 10.8. The predicted octanol–water partition coefficient (Wildman–Crippen LogP) is 2.36. The third-order valence-electron chi connectivity index (χ3n) is 1.60. The Morgan fingerprint density at radius 3 is 2.57 bits per heavy atom. The van der Waals surface area contributed by atoms with E-state index in [-0.39, 0.29) is 12.7 Å². The number of carbonyl (C=O) groups excluding carboxylic acids is 1. The minimum atomic E-state index is -0.606. The lowest BCUT2D eigenvalue weighted by molar-refractivity contribution is -0.00506. The maximum absolute atomic E-state index is 10.9. The van der Waals surface area contributed by atoms with Crippen molar-refractivity contribution >= 4 is 6.16 Å². The number of hydrogen-bond acceptors (Lipinski definition) is 4. The van der Waals surface area contributed by atoms with Crippen LogP contribution in [0, 0.1) is 0 Å². The molecule has 0 fully saturated rings. The average Bonchev–Trinajstić information content (AvgIpc) is 2.16. The highest BCUT2D eigenvalue weighted by Crippen LogP contribution is 1.95. The Labute approximate surface area is 85.5 Å². The lowest BCUT2D eigenvalue weighted by Gasteiger charge is -2.11. The molecule has 0 N–H and O–H groups in total. The number of hydrogen-bond donors (Lipinski definition) is 0. The lowest BCUT2D eigenvalue weighted by atomic mass is 10.4. The van der Waals surface area contributed by atoms with Gasteiger partial charge in [0.1, 0.15) is 6.61 Å². The number of carbonyl (C=O) groups is 1. The molecule has 0 amide bonds. The molecule has 4 nitrogen and oxygen atoms in total. The van der Waals surface area contributed by atoms with Crippen LogP contribution in [0.3, 0.4) is 0 Å². The van der Waals surface area contributed by atoms with Crippen LogP contribution in [-0.4, -0.2) is 32.1 Å². The van der Waals surface area contributed by atoms with Crippen LogP contribution < -0.4 is 0 Å². The van der Waals surface area contributed by atoms with Gasteiger partial charge < -0.3 is 14.2 Å². The van der Waals surface area contributed by atoms with E-state index in [0.29, 0.717) is 13.2 Å². The number of unbranched alkanes of at least 4 members (excludes halogenated alkanes) is 1. The van der Waals surface area contributed by atoms with Crippen LogP contribution in [0.5, 0.6) is 0 Å². The van der Waals surface area contributed by atoms with Gasteiger partial charge in [0.15, 0.2) is 0 Å². The molecule has 0 radical (unpaired) electrons. The molecule has 0 saturated heterocycles. The second kappa shape index (κ2) is 8.81. The van der Waals surface area contributed by atoms with Crippen LogP contribution in [0.25, 0.3) is 0 Å². The molecule has 0 aliphatic rings. The van der Waals surface area contributed by atoms with Crippen LogP contribution in [0.15, 0.2) is 0 Å². The molecule has 0 heterocycles. The third kappa shape index (κ3) is 7.86. The van der Waals surface area contributed by atoms with Crippen molar-refractivity contribution in [3.63, 3.8) is 0 Å². The zero-order valence-electron chi connectivity index (χ0n) is 9.25. The van der Waals surface area contributed by atoms with Gasteiger partial charge in [-0.1, -0.05) is 13.3 Å². The van der Waals surface area contributed by atoms with Gasteiger partial charge in [-0.3, -0.25) is 0 Å². The van der Waals surface area contributed by atoms with Crippen LogP contribution in [0.1, 0.15) is 33.6 Å². The minimum Gasteiger partial charge on any atom is -0.434 e. The van der Waals surface area contributed by atoms with Gasteiger partial charge in [-0.2, -0.15) is 0 Å². The second-order valence-electron chi connectivity index (χ2n) is 3.03. The van der Waals surface area contributed by atoms with Gasteiger partial charge in [-0.25, -0.2) is 4.79 Å². The average molecular weight is 204 g/mol. The van der Waals surface area contributed by atoms with Crippen molar-refractivity contribution in [3.05, 3.63) is 0 Å². The van der Waals surface area contributed by atoms with E-state index in [1.165, 1.54) is 0 Å². The van der Waals surface area contributed by atoms with Crippen molar-refractivity contribution in [3.8, 4) is 0 Å². The molecule has 0 bridgehead atoms. The summed E-state index contributed by atoms with van der Waals surface area (Å²) in [6, 6.07) is 0. The molecule has 1 unspecified atom stereocenters. The van der Waals surface area contributed by atoms with E-state index < -0.39 is 6.16 Å². The third-order valence-corrected chi connectivity index (χ3v) is 1.60. The second-order valence-corrected chi connectivity index (χ2v) is 3.03. The van der Waals surface area contributed by atoms with E-state index in [9.17, 15) is 4.79 Å². The molecular weight excluding hydrogens is 184 g/mol. The monoisotopic (exact) mass is 204 g/mol. The van der Waals surface area contributed by atoms with Crippen LogP contribution >= 0.6 is 0 Å². The first kappa shape index (κ1) is 13.2. The fourth-order valence-corrected chi connectivity index (χ4v) is 0.860. The quantitative estimate of drug-likeness (QED) is 0.471. The van der Waals surface area contributed by atoms with Gasteiger partial charge >= 0.3 is 6.16 Å². The van der Waals surface area contributed by atoms with Crippen molar-refractivity contribution in [2.75, 3.05) is 19.8 Å². The Kier molecular flexibility index (Phi) is 8.33. The van der Waals surface area contributed by atoms with Gasteiger partial charge in [-0.15, -0.1) is 0 Å². The summed E-state index contributed by atoms with van der Waals surface area (Å²) in [5.74, 6) is 0. The Morgan fingerprint density at radius 1 is 1.29 bits per heavy atom. The van der Waals surface area contributed by atoms with Crippen LogP contribution in [0.2, 0.25) is 0 Å². The first-order chi connectivity index (χ1) is 6.70. The first-order valence-corrected chi connectivity index (χ1v) is 5.11. The molecule has 4 heteroatoms. The predicted molar refractivity (Wildman–Crippen MR) is 53.3 cm³/mol. The maximum Gasteiger partial charge on any atom is 0.508 e. The molecule has 0 aromatic rings. The van der Waals surface area contributed by atoms with Crippen molar-refractivity contribution in [1.29, 1.82) is 0 Å². The molecule has 84 valence electrons. The van der Waals surface area contributed by atoms with E-state index in [4.69, 9.17) is 14.2 Å². The number of ether oxygens (including phenoxy) is 3. The van der Waals surface area contributed by atoms with Crippen molar-refractivity contribution in [1.82, 2.24) is 0 Å². The van der Waals surface area contributed by atoms with Crippen LogP contribution in [0.4, 0.5) is 4.79 Å². The van der Waals surface area contributed by atoms with Gasteiger partial charge in [-0.05, 0) is 20.3 Å². The summed E-state index contributed by atoms with van der Waals surface area (Å²) in [6.07, 6.45) is 1.20. The van der Waals surface area contributed by atoms with E-state index in [2.05, 4.69) is 0 Å². The smallest absolute Gasteiger partial charge is 0.434 e. The van der Waals surface area contributed by atoms with Gasteiger partial charge in [0.2, 0.25) is 0 Å². The van der Waals surface area contributed by atoms with Crippen molar-refractivity contribution < 1.29 is 19.0 Å². The summed E-state index contributed by atoms with van der Waals surface area (Å²) < 4.78 is 14.8. The largest absolute Gasteiger partial charge is 0.508 e. The summed E-state index contributed by atoms with van der Waals surface area (Å²) >= 11 is 0. The Morgan fingerprint density at radius 2 is 2.00 bits per heavy atom. The van der Waals surface area contributed by atoms with Gasteiger partial charge in [0, 0.05) is 6.61 Å². The summed E-state index contributed by atoms with van der Waals surface area (Å²) in [5.41, 5.74) is 0. The maximum atomic E-state index is 10.9. The number of rotatable bonds is 7. The van der Waals surface area contributed by atoms with E-state index in [1.807, 2.05) is 20.8 Å². The minimum absolute atomic E-state index is 0.0706.